The maximum Gasteiger partial charge on any atom is 0.264 e. The molecule has 2 aromatic carbocycles. The van der Waals surface area contributed by atoms with E-state index in [9.17, 15) is 13.6 Å². The summed E-state index contributed by atoms with van der Waals surface area (Å²) in [6.07, 6.45) is 4.30. The number of anilines is 2. The number of aromatic nitrogens is 3. The molecule has 0 bridgehead atoms. The first kappa shape index (κ1) is 28.0. The standard InChI is InChI=1S/C30H37F2N5O2Si/c1-33-30(38)26-18-36(19-39-11-12-40(3,4)5)27-9-8-22(14-24(26)27)37-10-6-7-20-13-23(21-16-34-35(2)17-21)25(29(31)32)15-28(20)37/h8-9,13-18,29H,6-7,10-12,19H2,1-5H3,(H,33,38). The van der Waals surface area contributed by atoms with Gasteiger partial charge in [0.25, 0.3) is 12.3 Å². The van der Waals surface area contributed by atoms with E-state index in [1.54, 1.807) is 37.2 Å². The van der Waals surface area contributed by atoms with Crippen LogP contribution in [-0.2, 0) is 24.9 Å². The van der Waals surface area contributed by atoms with E-state index in [0.29, 0.717) is 36.6 Å². The Morgan fingerprint density at radius 2 is 1.98 bits per heavy atom. The van der Waals surface area contributed by atoms with Crippen molar-refractivity contribution in [2.24, 2.45) is 7.05 Å². The molecule has 40 heavy (non-hydrogen) atoms. The van der Waals surface area contributed by atoms with E-state index in [1.165, 1.54) is 0 Å². The van der Waals surface area contributed by atoms with Gasteiger partial charge in [0, 0.05) is 75.6 Å². The molecule has 10 heteroatoms. The van der Waals surface area contributed by atoms with E-state index in [2.05, 4.69) is 35.0 Å². The lowest BCUT2D eigenvalue weighted by Crippen LogP contribution is -2.25. The number of aryl methyl sites for hydroxylation is 2. The van der Waals surface area contributed by atoms with Crippen molar-refractivity contribution >= 4 is 36.3 Å². The first-order valence-electron chi connectivity index (χ1n) is 13.7. The number of hydrogen-bond acceptors (Lipinski definition) is 4. The second-order valence-electron chi connectivity index (χ2n) is 11.7. The number of carbonyl (C=O) groups is 1. The first-order valence-corrected chi connectivity index (χ1v) is 17.4. The van der Waals surface area contributed by atoms with Crippen LogP contribution in [0.2, 0.25) is 25.7 Å². The highest BCUT2D eigenvalue weighted by atomic mass is 28.3. The molecule has 2 aromatic heterocycles. The van der Waals surface area contributed by atoms with Crippen molar-refractivity contribution in [3.63, 3.8) is 0 Å². The predicted octanol–water partition coefficient (Wildman–Crippen LogP) is 6.74. The van der Waals surface area contributed by atoms with Crippen molar-refractivity contribution in [2.45, 2.75) is 51.7 Å². The van der Waals surface area contributed by atoms with Gasteiger partial charge in [-0.25, -0.2) is 8.78 Å². The van der Waals surface area contributed by atoms with Crippen molar-refractivity contribution < 1.29 is 18.3 Å². The summed E-state index contributed by atoms with van der Waals surface area (Å²) in [4.78, 5) is 14.9. The number of ether oxygens (including phenoxy) is 1. The van der Waals surface area contributed by atoms with Gasteiger partial charge >= 0.3 is 0 Å². The summed E-state index contributed by atoms with van der Waals surface area (Å²) in [5, 5.41) is 7.73. The fourth-order valence-electron chi connectivity index (χ4n) is 5.32. The third-order valence-electron chi connectivity index (χ3n) is 7.50. The molecule has 0 spiro atoms. The predicted molar refractivity (Wildman–Crippen MR) is 158 cm³/mol. The Balaban J connectivity index is 1.53. The molecule has 0 unspecified atom stereocenters. The molecule has 1 amide bonds. The zero-order valence-electron chi connectivity index (χ0n) is 23.8. The molecule has 1 aliphatic heterocycles. The largest absolute Gasteiger partial charge is 0.361 e. The number of halogens is 2. The van der Waals surface area contributed by atoms with E-state index in [0.717, 1.165) is 46.7 Å². The molecule has 5 rings (SSSR count). The van der Waals surface area contributed by atoms with Crippen LogP contribution in [0.25, 0.3) is 22.0 Å². The molecule has 0 saturated carbocycles. The maximum absolute atomic E-state index is 14.3. The van der Waals surface area contributed by atoms with Crippen molar-refractivity contribution in [1.29, 1.82) is 0 Å². The Morgan fingerprint density at radius 3 is 2.65 bits per heavy atom. The van der Waals surface area contributed by atoms with Crippen LogP contribution < -0.4 is 10.2 Å². The Labute approximate surface area is 234 Å². The smallest absolute Gasteiger partial charge is 0.264 e. The van der Waals surface area contributed by atoms with Gasteiger partial charge in [0.1, 0.15) is 6.73 Å². The molecule has 3 heterocycles. The van der Waals surface area contributed by atoms with E-state index >= 15 is 0 Å². The highest BCUT2D eigenvalue weighted by molar-refractivity contribution is 6.76. The molecule has 7 nitrogen and oxygen atoms in total. The van der Waals surface area contributed by atoms with E-state index in [4.69, 9.17) is 4.74 Å². The number of nitrogens with one attached hydrogen (secondary N) is 1. The molecule has 212 valence electrons. The van der Waals surface area contributed by atoms with Gasteiger partial charge in [-0.1, -0.05) is 19.6 Å². The second-order valence-corrected chi connectivity index (χ2v) is 17.3. The number of fused-ring (bicyclic) bond motifs is 2. The number of rotatable bonds is 9. The third-order valence-corrected chi connectivity index (χ3v) is 9.20. The zero-order valence-corrected chi connectivity index (χ0v) is 24.8. The van der Waals surface area contributed by atoms with E-state index in [-0.39, 0.29) is 11.5 Å². The van der Waals surface area contributed by atoms with Crippen LogP contribution in [0.15, 0.2) is 48.9 Å². The lowest BCUT2D eigenvalue weighted by Gasteiger charge is -2.32. The van der Waals surface area contributed by atoms with Crippen LogP contribution in [0.1, 0.15) is 34.3 Å². The lowest BCUT2D eigenvalue weighted by atomic mass is 9.92. The monoisotopic (exact) mass is 565 g/mol. The molecular formula is C30H37F2N5O2Si. The summed E-state index contributed by atoms with van der Waals surface area (Å²) in [5.41, 5.74) is 5.32. The van der Waals surface area contributed by atoms with Gasteiger partial charge in [0.05, 0.1) is 17.3 Å². The Hall–Kier alpha value is -3.50. The van der Waals surface area contributed by atoms with Gasteiger partial charge in [0.2, 0.25) is 0 Å². The minimum absolute atomic E-state index is 0.00704. The SMILES string of the molecule is CNC(=O)c1cn(COCC[Si](C)(C)C)c2ccc(N3CCCc4cc(-c5cnn(C)c5)c(C(F)F)cc43)cc12. The quantitative estimate of drug-likeness (QED) is 0.180. The minimum atomic E-state index is -2.62. The summed E-state index contributed by atoms with van der Waals surface area (Å²) in [6.45, 7) is 8.68. The van der Waals surface area contributed by atoms with Gasteiger partial charge in [-0.3, -0.25) is 9.48 Å². The van der Waals surface area contributed by atoms with E-state index in [1.807, 2.05) is 35.0 Å². The van der Waals surface area contributed by atoms with Crippen LogP contribution in [0.5, 0.6) is 0 Å². The summed E-state index contributed by atoms with van der Waals surface area (Å²) in [6, 6.07) is 10.6. The molecule has 1 aliphatic rings. The summed E-state index contributed by atoms with van der Waals surface area (Å²) in [5.74, 6) is -0.178. The van der Waals surface area contributed by atoms with Crippen LogP contribution >= 0.6 is 0 Å². The molecule has 0 atom stereocenters. The van der Waals surface area contributed by atoms with Crippen LogP contribution in [0.4, 0.5) is 20.2 Å². The topological polar surface area (TPSA) is 64.3 Å². The van der Waals surface area contributed by atoms with Crippen LogP contribution in [0.3, 0.4) is 0 Å². The number of amides is 1. The molecule has 0 saturated heterocycles. The number of hydrogen-bond donors (Lipinski definition) is 1. The van der Waals surface area contributed by atoms with E-state index < -0.39 is 14.5 Å². The highest BCUT2D eigenvalue weighted by Gasteiger charge is 2.26. The van der Waals surface area contributed by atoms with Gasteiger partial charge in [-0.05, 0) is 60.3 Å². The Bertz CT molecular complexity index is 1540. The van der Waals surface area contributed by atoms with Crippen molar-refractivity contribution in [1.82, 2.24) is 19.7 Å². The minimum Gasteiger partial charge on any atom is -0.361 e. The van der Waals surface area contributed by atoms with Gasteiger partial charge in [-0.2, -0.15) is 5.10 Å². The lowest BCUT2D eigenvalue weighted by molar-refractivity contribution is 0.0896. The highest BCUT2D eigenvalue weighted by Crippen LogP contribution is 2.42. The fourth-order valence-corrected chi connectivity index (χ4v) is 6.08. The van der Waals surface area contributed by atoms with Crippen LogP contribution in [-0.4, -0.2) is 48.5 Å². The molecule has 0 radical (unpaired) electrons. The van der Waals surface area contributed by atoms with Crippen molar-refractivity contribution in [3.8, 4) is 11.1 Å². The fraction of sp³-hybridized carbons (Fsp3) is 0.400. The zero-order chi connectivity index (χ0) is 28.6. The number of nitrogens with zero attached hydrogens (tertiary/aromatic N) is 4. The molecule has 4 aromatic rings. The van der Waals surface area contributed by atoms with Crippen molar-refractivity contribution in [2.75, 3.05) is 25.1 Å². The normalized spacial score (nSPS) is 13.8. The van der Waals surface area contributed by atoms with Gasteiger partial charge < -0.3 is 19.5 Å². The van der Waals surface area contributed by atoms with Crippen LogP contribution in [0, 0.1) is 0 Å². The van der Waals surface area contributed by atoms with Crippen molar-refractivity contribution in [3.05, 3.63) is 65.6 Å². The first-order chi connectivity index (χ1) is 19.1. The molecule has 1 N–H and O–H groups in total. The number of benzene rings is 2. The Kier molecular flexibility index (Phi) is 7.83. The Morgan fingerprint density at radius 1 is 1.18 bits per heavy atom. The summed E-state index contributed by atoms with van der Waals surface area (Å²) < 4.78 is 38.2. The van der Waals surface area contributed by atoms with Gasteiger partial charge in [-0.15, -0.1) is 0 Å². The summed E-state index contributed by atoms with van der Waals surface area (Å²) >= 11 is 0. The number of alkyl halides is 2. The second kappa shape index (κ2) is 11.2. The molecule has 0 fully saturated rings. The molecular weight excluding hydrogens is 528 g/mol. The average molecular weight is 566 g/mol. The molecule has 0 aliphatic carbocycles. The van der Waals surface area contributed by atoms with Gasteiger partial charge in [0.15, 0.2) is 0 Å². The summed E-state index contributed by atoms with van der Waals surface area (Å²) in [7, 11) is 2.19. The number of carbonyl (C=O) groups excluding carboxylic acids is 1. The average Bonchev–Trinajstić information content (AvgIpc) is 3.52. The third kappa shape index (κ3) is 5.69. The maximum atomic E-state index is 14.3.